The van der Waals surface area contributed by atoms with E-state index in [4.69, 9.17) is 5.73 Å². The summed E-state index contributed by atoms with van der Waals surface area (Å²) < 4.78 is 0. The Balaban J connectivity index is 0.000000531. The van der Waals surface area contributed by atoms with Crippen LogP contribution in [0.25, 0.3) is 0 Å². The second-order valence-electron chi connectivity index (χ2n) is 3.87. The molecule has 2 fully saturated rings. The standard InChI is InChI=1S/C9H19N3S.C2H6/c10-8-7-11-2-1-9(8)12-3-5-13-6-4-12;1-2/h8-9,11H,1-7,10H2;1-2H3. The van der Waals surface area contributed by atoms with Gasteiger partial charge in [-0.3, -0.25) is 4.90 Å². The van der Waals surface area contributed by atoms with Crippen molar-refractivity contribution in [1.82, 2.24) is 10.2 Å². The van der Waals surface area contributed by atoms with E-state index in [9.17, 15) is 0 Å². The minimum Gasteiger partial charge on any atom is -0.325 e. The summed E-state index contributed by atoms with van der Waals surface area (Å²) in [5.41, 5.74) is 6.10. The average Bonchev–Trinajstić information content (AvgIpc) is 2.33. The summed E-state index contributed by atoms with van der Waals surface area (Å²) in [7, 11) is 0. The van der Waals surface area contributed by atoms with Gasteiger partial charge < -0.3 is 11.1 Å². The summed E-state index contributed by atoms with van der Waals surface area (Å²) in [6.45, 7) is 8.61. The van der Waals surface area contributed by atoms with E-state index < -0.39 is 0 Å². The molecule has 3 nitrogen and oxygen atoms in total. The van der Waals surface area contributed by atoms with E-state index in [2.05, 4.69) is 22.0 Å². The average molecular weight is 231 g/mol. The fourth-order valence-electron chi connectivity index (χ4n) is 2.23. The van der Waals surface area contributed by atoms with Crippen LogP contribution in [0.15, 0.2) is 0 Å². The minimum atomic E-state index is 0.344. The maximum Gasteiger partial charge on any atom is 0.0324 e. The highest BCUT2D eigenvalue weighted by Crippen LogP contribution is 2.16. The second-order valence-corrected chi connectivity index (χ2v) is 5.10. The van der Waals surface area contributed by atoms with Crippen LogP contribution in [-0.2, 0) is 0 Å². The molecule has 2 aliphatic rings. The predicted molar refractivity (Wildman–Crippen MR) is 69.5 cm³/mol. The molecule has 0 spiro atoms. The summed E-state index contributed by atoms with van der Waals surface area (Å²) in [4.78, 5) is 2.59. The Bertz CT molecular complexity index is 160. The zero-order chi connectivity index (χ0) is 11.1. The molecule has 0 bridgehead atoms. The van der Waals surface area contributed by atoms with E-state index in [1.54, 1.807) is 0 Å². The van der Waals surface area contributed by atoms with Gasteiger partial charge in [0.15, 0.2) is 0 Å². The van der Waals surface area contributed by atoms with Gasteiger partial charge in [-0.15, -0.1) is 0 Å². The third-order valence-corrected chi connectivity index (χ3v) is 3.95. The molecule has 0 aromatic heterocycles. The van der Waals surface area contributed by atoms with Gasteiger partial charge in [-0.25, -0.2) is 0 Å². The van der Waals surface area contributed by atoms with E-state index in [0.717, 1.165) is 13.1 Å². The Labute approximate surface area is 98.2 Å². The van der Waals surface area contributed by atoms with Crippen molar-refractivity contribution < 1.29 is 0 Å². The first kappa shape index (κ1) is 13.3. The maximum absolute atomic E-state index is 6.10. The third-order valence-electron chi connectivity index (χ3n) is 3.01. The second kappa shape index (κ2) is 7.49. The van der Waals surface area contributed by atoms with Crippen LogP contribution >= 0.6 is 11.8 Å². The molecule has 15 heavy (non-hydrogen) atoms. The van der Waals surface area contributed by atoms with Crippen molar-refractivity contribution in [3.05, 3.63) is 0 Å². The lowest BCUT2D eigenvalue weighted by molar-refractivity contribution is 0.158. The molecular weight excluding hydrogens is 206 g/mol. The fourth-order valence-corrected chi connectivity index (χ4v) is 3.16. The first-order chi connectivity index (χ1) is 7.38. The highest BCUT2D eigenvalue weighted by molar-refractivity contribution is 7.99. The molecule has 2 saturated heterocycles. The van der Waals surface area contributed by atoms with Crippen molar-refractivity contribution in [2.75, 3.05) is 37.7 Å². The van der Waals surface area contributed by atoms with E-state index in [0.29, 0.717) is 12.1 Å². The van der Waals surface area contributed by atoms with Gasteiger partial charge in [-0.05, 0) is 13.0 Å². The number of rotatable bonds is 1. The number of thioether (sulfide) groups is 1. The molecule has 2 heterocycles. The van der Waals surface area contributed by atoms with Gasteiger partial charge in [0.25, 0.3) is 0 Å². The topological polar surface area (TPSA) is 41.3 Å². The van der Waals surface area contributed by atoms with Gasteiger partial charge in [0.05, 0.1) is 0 Å². The Morgan fingerprint density at radius 1 is 1.27 bits per heavy atom. The van der Waals surface area contributed by atoms with Gasteiger partial charge in [0, 0.05) is 43.2 Å². The van der Waals surface area contributed by atoms with Gasteiger partial charge in [0.2, 0.25) is 0 Å². The van der Waals surface area contributed by atoms with Crippen LogP contribution in [-0.4, -0.2) is 54.7 Å². The van der Waals surface area contributed by atoms with E-state index in [1.807, 2.05) is 13.8 Å². The maximum atomic E-state index is 6.10. The molecule has 90 valence electrons. The van der Waals surface area contributed by atoms with Crippen molar-refractivity contribution in [3.8, 4) is 0 Å². The van der Waals surface area contributed by atoms with Crippen LogP contribution in [0.1, 0.15) is 20.3 Å². The molecule has 2 atom stereocenters. The molecule has 0 saturated carbocycles. The fraction of sp³-hybridized carbons (Fsp3) is 1.00. The predicted octanol–water partition coefficient (Wildman–Crippen LogP) is 0.751. The lowest BCUT2D eigenvalue weighted by Crippen LogP contribution is -2.58. The zero-order valence-corrected chi connectivity index (χ0v) is 10.9. The van der Waals surface area contributed by atoms with Crippen molar-refractivity contribution in [3.63, 3.8) is 0 Å². The van der Waals surface area contributed by atoms with Crippen molar-refractivity contribution in [2.24, 2.45) is 5.73 Å². The zero-order valence-electron chi connectivity index (χ0n) is 10.0. The number of hydrogen-bond acceptors (Lipinski definition) is 4. The molecule has 0 aromatic carbocycles. The van der Waals surface area contributed by atoms with E-state index in [-0.39, 0.29) is 0 Å². The van der Waals surface area contributed by atoms with Crippen molar-refractivity contribution in [2.45, 2.75) is 32.4 Å². The number of nitrogens with two attached hydrogens (primary N) is 1. The first-order valence-corrected chi connectivity index (χ1v) is 7.31. The van der Waals surface area contributed by atoms with Crippen LogP contribution in [0.5, 0.6) is 0 Å². The molecular formula is C11H25N3S. The number of hydrogen-bond donors (Lipinski definition) is 2. The summed E-state index contributed by atoms with van der Waals surface area (Å²) in [5.74, 6) is 2.58. The van der Waals surface area contributed by atoms with Gasteiger partial charge in [0.1, 0.15) is 0 Å². The quantitative estimate of drug-likeness (QED) is 0.699. The molecule has 0 aromatic rings. The van der Waals surface area contributed by atoms with Gasteiger partial charge >= 0.3 is 0 Å². The van der Waals surface area contributed by atoms with Crippen LogP contribution in [0.2, 0.25) is 0 Å². The SMILES string of the molecule is CC.NC1CNCCC1N1CCSCC1. The molecule has 2 unspecified atom stereocenters. The molecule has 2 aliphatic heterocycles. The van der Waals surface area contributed by atoms with Gasteiger partial charge in [-0.1, -0.05) is 13.8 Å². The number of piperidine rings is 1. The smallest absolute Gasteiger partial charge is 0.0324 e. The monoisotopic (exact) mass is 231 g/mol. The number of nitrogens with zero attached hydrogens (tertiary/aromatic N) is 1. The van der Waals surface area contributed by atoms with E-state index >= 15 is 0 Å². The molecule has 2 rings (SSSR count). The van der Waals surface area contributed by atoms with Crippen molar-refractivity contribution in [1.29, 1.82) is 0 Å². The Kier molecular flexibility index (Phi) is 6.64. The van der Waals surface area contributed by atoms with Crippen LogP contribution in [0.4, 0.5) is 0 Å². The molecule has 0 radical (unpaired) electrons. The summed E-state index contributed by atoms with van der Waals surface area (Å²) in [6.07, 6.45) is 1.23. The molecule has 3 N–H and O–H groups in total. The highest BCUT2D eigenvalue weighted by atomic mass is 32.2. The Morgan fingerprint density at radius 2 is 1.93 bits per heavy atom. The largest absolute Gasteiger partial charge is 0.325 e. The lowest BCUT2D eigenvalue weighted by atomic mass is 10.00. The minimum absolute atomic E-state index is 0.344. The summed E-state index contributed by atoms with van der Waals surface area (Å²) >= 11 is 2.07. The molecule has 4 heteroatoms. The molecule has 0 amide bonds. The lowest BCUT2D eigenvalue weighted by Gasteiger charge is -2.40. The van der Waals surface area contributed by atoms with Crippen LogP contribution < -0.4 is 11.1 Å². The van der Waals surface area contributed by atoms with Crippen LogP contribution in [0, 0.1) is 0 Å². The summed E-state index contributed by atoms with van der Waals surface area (Å²) in [6, 6.07) is 0.985. The van der Waals surface area contributed by atoms with Gasteiger partial charge in [-0.2, -0.15) is 11.8 Å². The molecule has 0 aliphatic carbocycles. The third kappa shape index (κ3) is 3.94. The number of nitrogens with one attached hydrogen (secondary N) is 1. The van der Waals surface area contributed by atoms with Crippen molar-refractivity contribution >= 4 is 11.8 Å². The van der Waals surface area contributed by atoms with E-state index in [1.165, 1.54) is 31.0 Å². The summed E-state index contributed by atoms with van der Waals surface area (Å²) in [5, 5.41) is 3.35. The Morgan fingerprint density at radius 3 is 2.53 bits per heavy atom. The highest BCUT2D eigenvalue weighted by Gasteiger charge is 2.28. The van der Waals surface area contributed by atoms with Crippen LogP contribution in [0.3, 0.4) is 0 Å². The normalized spacial score (nSPS) is 33.0. The first-order valence-electron chi connectivity index (χ1n) is 6.16. The Hall–Kier alpha value is 0.230.